The van der Waals surface area contributed by atoms with E-state index in [4.69, 9.17) is 9.47 Å². The second kappa shape index (κ2) is 9.84. The van der Waals surface area contributed by atoms with Crippen molar-refractivity contribution in [1.29, 1.82) is 0 Å². The average Bonchev–Trinajstić information content (AvgIpc) is 3.40. The minimum Gasteiger partial charge on any atom is -0.497 e. The van der Waals surface area contributed by atoms with E-state index in [2.05, 4.69) is 27.1 Å². The van der Waals surface area contributed by atoms with Gasteiger partial charge in [-0.2, -0.15) is 0 Å². The fraction of sp³-hybridized carbons (Fsp3) is 0.182. The topological polar surface area (TPSA) is 91.2 Å². The van der Waals surface area contributed by atoms with Crippen molar-refractivity contribution in [3.8, 4) is 22.9 Å². The molecule has 4 rings (SSSR count). The molecule has 2 aromatic heterocycles. The number of fused-ring (bicyclic) bond motifs is 1. The maximum atomic E-state index is 12.5. The lowest BCUT2D eigenvalue weighted by molar-refractivity contribution is -0.113. The van der Waals surface area contributed by atoms with E-state index in [1.807, 2.05) is 47.0 Å². The summed E-state index contributed by atoms with van der Waals surface area (Å²) in [6, 6.07) is 13.2. The number of para-hydroxylation sites is 1. The molecule has 0 fully saturated rings. The summed E-state index contributed by atoms with van der Waals surface area (Å²) in [6.07, 6.45) is 1.77. The Morgan fingerprint density at radius 3 is 2.84 bits per heavy atom. The Bertz CT molecular complexity index is 1270. The Hall–Kier alpha value is -3.37. The van der Waals surface area contributed by atoms with Crippen molar-refractivity contribution in [3.63, 3.8) is 0 Å². The Labute approximate surface area is 193 Å². The first-order chi connectivity index (χ1) is 15.6. The van der Waals surface area contributed by atoms with Gasteiger partial charge in [0.2, 0.25) is 5.91 Å². The van der Waals surface area contributed by atoms with Gasteiger partial charge in [-0.15, -0.1) is 16.8 Å². The first-order valence-corrected chi connectivity index (χ1v) is 11.5. The Morgan fingerprint density at radius 2 is 2.06 bits per heavy atom. The Balaban J connectivity index is 1.48. The summed E-state index contributed by atoms with van der Waals surface area (Å²) in [4.78, 5) is 17.0. The zero-order chi connectivity index (χ0) is 22.5. The van der Waals surface area contributed by atoms with Crippen LogP contribution in [0.25, 0.3) is 21.6 Å². The number of ether oxygens (including phenoxy) is 2. The number of thiazole rings is 1. The van der Waals surface area contributed by atoms with Crippen molar-refractivity contribution >= 4 is 44.4 Å². The van der Waals surface area contributed by atoms with Gasteiger partial charge in [0.1, 0.15) is 11.5 Å². The summed E-state index contributed by atoms with van der Waals surface area (Å²) < 4.78 is 13.5. The first kappa shape index (κ1) is 21.8. The number of anilines is 1. The zero-order valence-corrected chi connectivity index (χ0v) is 19.2. The number of aromatic nitrogens is 4. The molecule has 2 heterocycles. The van der Waals surface area contributed by atoms with Gasteiger partial charge in [-0.1, -0.05) is 41.3 Å². The van der Waals surface area contributed by atoms with Crippen LogP contribution in [0.1, 0.15) is 0 Å². The van der Waals surface area contributed by atoms with Gasteiger partial charge < -0.3 is 14.8 Å². The van der Waals surface area contributed by atoms with Crippen LogP contribution in [0.5, 0.6) is 11.5 Å². The number of carbonyl (C=O) groups is 1. The number of hydrogen-bond donors (Lipinski definition) is 1. The lowest BCUT2D eigenvalue weighted by Crippen LogP contribution is -2.14. The highest BCUT2D eigenvalue weighted by Crippen LogP contribution is 2.32. The lowest BCUT2D eigenvalue weighted by atomic mass is 10.2. The summed E-state index contributed by atoms with van der Waals surface area (Å²) in [7, 11) is 3.23. The smallest absolute Gasteiger partial charge is 0.236 e. The number of allylic oxidation sites excluding steroid dienone is 1. The number of amides is 1. The minimum atomic E-state index is -0.173. The van der Waals surface area contributed by atoms with Crippen LogP contribution in [0.15, 0.2) is 60.3 Å². The van der Waals surface area contributed by atoms with E-state index in [0.29, 0.717) is 28.4 Å². The van der Waals surface area contributed by atoms with Gasteiger partial charge in [0, 0.05) is 6.54 Å². The molecule has 1 N–H and O–H groups in total. The van der Waals surface area contributed by atoms with Crippen molar-refractivity contribution in [3.05, 3.63) is 55.1 Å². The van der Waals surface area contributed by atoms with Crippen LogP contribution in [-0.4, -0.2) is 45.6 Å². The summed E-state index contributed by atoms with van der Waals surface area (Å²) >= 11 is 2.70. The van der Waals surface area contributed by atoms with Crippen LogP contribution in [0, 0.1) is 0 Å². The molecule has 8 nitrogen and oxygen atoms in total. The van der Waals surface area contributed by atoms with Gasteiger partial charge in [0.25, 0.3) is 0 Å². The number of methoxy groups -OCH3 is 2. The monoisotopic (exact) mass is 467 g/mol. The number of rotatable bonds is 9. The minimum absolute atomic E-state index is 0.167. The van der Waals surface area contributed by atoms with E-state index in [9.17, 15) is 4.79 Å². The van der Waals surface area contributed by atoms with Gasteiger partial charge in [0.05, 0.1) is 35.8 Å². The molecule has 4 aromatic rings. The van der Waals surface area contributed by atoms with Crippen molar-refractivity contribution in [2.45, 2.75) is 11.7 Å². The highest BCUT2D eigenvalue weighted by Gasteiger charge is 2.18. The van der Waals surface area contributed by atoms with Crippen LogP contribution in [0.3, 0.4) is 0 Å². The highest BCUT2D eigenvalue weighted by molar-refractivity contribution is 7.99. The van der Waals surface area contributed by atoms with Crippen molar-refractivity contribution in [1.82, 2.24) is 19.7 Å². The van der Waals surface area contributed by atoms with Gasteiger partial charge >= 0.3 is 0 Å². The van der Waals surface area contributed by atoms with Gasteiger partial charge in [0.15, 0.2) is 16.1 Å². The molecule has 0 saturated heterocycles. The molecule has 0 spiro atoms. The molecule has 0 radical (unpaired) electrons. The summed E-state index contributed by atoms with van der Waals surface area (Å²) in [5.41, 5.74) is 1.64. The van der Waals surface area contributed by atoms with Gasteiger partial charge in [-0.05, 0) is 30.3 Å². The molecule has 0 saturated carbocycles. The summed E-state index contributed by atoms with van der Waals surface area (Å²) in [5.74, 6) is 2.10. The Morgan fingerprint density at radius 1 is 1.22 bits per heavy atom. The standard InChI is InChI=1S/C22H21N5O3S2/c1-4-11-27-20(15-7-5-6-8-17(15)30-3)25-26-22(27)31-13-19(28)24-21-23-16-10-9-14(29-2)12-18(16)32-21/h4-10,12H,1,11,13H2,2-3H3,(H,23,24,28). The molecule has 0 atom stereocenters. The van der Waals surface area contributed by atoms with E-state index in [0.717, 1.165) is 21.5 Å². The maximum absolute atomic E-state index is 12.5. The molecular formula is C22H21N5O3S2. The predicted octanol–water partition coefficient (Wildman–Crippen LogP) is 4.49. The van der Waals surface area contributed by atoms with Crippen molar-refractivity contribution in [2.75, 3.05) is 25.3 Å². The fourth-order valence-corrected chi connectivity index (χ4v) is 4.75. The normalized spacial score (nSPS) is 10.8. The van der Waals surface area contributed by atoms with Crippen LogP contribution in [0.2, 0.25) is 0 Å². The molecule has 0 aliphatic rings. The van der Waals surface area contributed by atoms with Crippen molar-refractivity contribution in [2.24, 2.45) is 0 Å². The summed E-state index contributed by atoms with van der Waals surface area (Å²) in [6.45, 7) is 4.33. The molecular weight excluding hydrogens is 446 g/mol. The molecule has 0 unspecified atom stereocenters. The number of thioether (sulfide) groups is 1. The molecule has 0 bridgehead atoms. The third kappa shape index (κ3) is 4.61. The molecule has 0 aliphatic heterocycles. The number of nitrogens with zero attached hydrogens (tertiary/aromatic N) is 4. The zero-order valence-electron chi connectivity index (χ0n) is 17.6. The molecule has 10 heteroatoms. The van der Waals surface area contributed by atoms with Crippen LogP contribution >= 0.6 is 23.1 Å². The molecule has 1 amide bonds. The van der Waals surface area contributed by atoms with Crippen LogP contribution < -0.4 is 14.8 Å². The molecule has 2 aromatic carbocycles. The van der Waals surface area contributed by atoms with E-state index < -0.39 is 0 Å². The highest BCUT2D eigenvalue weighted by atomic mass is 32.2. The molecule has 32 heavy (non-hydrogen) atoms. The molecule has 164 valence electrons. The van der Waals surface area contributed by atoms with E-state index in [1.165, 1.54) is 23.1 Å². The number of carbonyl (C=O) groups excluding carboxylic acids is 1. The van der Waals surface area contributed by atoms with Gasteiger partial charge in [-0.25, -0.2) is 4.98 Å². The SMILES string of the molecule is C=CCn1c(SCC(=O)Nc2nc3ccc(OC)cc3s2)nnc1-c1ccccc1OC. The van der Waals surface area contributed by atoms with E-state index >= 15 is 0 Å². The van der Waals surface area contributed by atoms with Crippen LogP contribution in [-0.2, 0) is 11.3 Å². The van der Waals surface area contributed by atoms with E-state index in [-0.39, 0.29) is 11.7 Å². The van der Waals surface area contributed by atoms with Crippen LogP contribution in [0.4, 0.5) is 5.13 Å². The maximum Gasteiger partial charge on any atom is 0.236 e. The quantitative estimate of drug-likeness (QED) is 0.286. The van der Waals surface area contributed by atoms with Gasteiger partial charge in [-0.3, -0.25) is 9.36 Å². The largest absolute Gasteiger partial charge is 0.497 e. The number of benzene rings is 2. The average molecular weight is 468 g/mol. The van der Waals surface area contributed by atoms with E-state index in [1.54, 1.807) is 20.3 Å². The fourth-order valence-electron chi connectivity index (χ4n) is 3.09. The second-order valence-corrected chi connectivity index (χ2v) is 8.57. The third-order valence-corrected chi connectivity index (χ3v) is 6.45. The predicted molar refractivity (Wildman–Crippen MR) is 128 cm³/mol. The Kier molecular flexibility index (Phi) is 6.72. The first-order valence-electron chi connectivity index (χ1n) is 9.67. The number of nitrogens with one attached hydrogen (secondary N) is 1. The lowest BCUT2D eigenvalue weighted by Gasteiger charge is -2.10. The number of hydrogen-bond acceptors (Lipinski definition) is 8. The molecule has 0 aliphatic carbocycles. The second-order valence-electron chi connectivity index (χ2n) is 6.60. The van der Waals surface area contributed by atoms with Crippen molar-refractivity contribution < 1.29 is 14.3 Å². The summed E-state index contributed by atoms with van der Waals surface area (Å²) in [5, 5.41) is 12.6. The third-order valence-electron chi connectivity index (χ3n) is 4.55.